The van der Waals surface area contributed by atoms with Crippen molar-refractivity contribution in [2.24, 2.45) is 0 Å². The summed E-state index contributed by atoms with van der Waals surface area (Å²) in [5.74, 6) is -0.254. The van der Waals surface area contributed by atoms with Crippen molar-refractivity contribution in [3.8, 4) is 0 Å². The van der Waals surface area contributed by atoms with Crippen molar-refractivity contribution in [2.75, 3.05) is 13.7 Å². The van der Waals surface area contributed by atoms with Crippen LogP contribution in [0.5, 0.6) is 0 Å². The highest BCUT2D eigenvalue weighted by molar-refractivity contribution is 5.76. The molecular weight excluding hydrogens is 226 g/mol. The molecule has 0 unspecified atom stereocenters. The fraction of sp³-hybridized carbons (Fsp3) is 0.533. The number of carbonyl (C=O) groups excluding carboxylic acids is 1. The van der Waals surface area contributed by atoms with E-state index >= 15 is 0 Å². The van der Waals surface area contributed by atoms with Gasteiger partial charge in [0.15, 0.2) is 0 Å². The first-order valence-electron chi connectivity index (χ1n) is 6.20. The van der Waals surface area contributed by atoms with Gasteiger partial charge in [-0.15, -0.1) is 0 Å². The monoisotopic (exact) mass is 249 g/mol. The van der Waals surface area contributed by atoms with Gasteiger partial charge in [0.2, 0.25) is 5.91 Å². The van der Waals surface area contributed by atoms with Crippen LogP contribution in [0, 0.1) is 6.92 Å². The Morgan fingerprint density at radius 2 is 1.94 bits per heavy atom. The van der Waals surface area contributed by atoms with Gasteiger partial charge in [-0.25, -0.2) is 0 Å². The number of rotatable bonds is 3. The minimum Gasteiger partial charge on any atom is -0.387 e. The van der Waals surface area contributed by atoms with Crippen molar-refractivity contribution in [3.05, 3.63) is 34.9 Å². The summed E-state index contributed by atoms with van der Waals surface area (Å²) in [6.45, 7) is 8.65. The molecule has 0 aliphatic heterocycles. The Morgan fingerprint density at radius 1 is 1.33 bits per heavy atom. The van der Waals surface area contributed by atoms with Gasteiger partial charge in [0, 0.05) is 13.6 Å². The van der Waals surface area contributed by atoms with Crippen LogP contribution in [0.2, 0.25) is 0 Å². The zero-order valence-electron chi connectivity index (χ0n) is 11.9. The fourth-order valence-electron chi connectivity index (χ4n) is 1.77. The molecule has 0 spiro atoms. The number of aryl methyl sites for hydroxylation is 1. The molecule has 18 heavy (non-hydrogen) atoms. The van der Waals surface area contributed by atoms with E-state index < -0.39 is 6.61 Å². The van der Waals surface area contributed by atoms with Gasteiger partial charge in [0.25, 0.3) is 0 Å². The number of carbonyl (C=O) groups is 1. The molecule has 1 N–H and O–H groups in total. The third-order valence-corrected chi connectivity index (χ3v) is 3.18. The van der Waals surface area contributed by atoms with Gasteiger partial charge in [-0.1, -0.05) is 39.0 Å². The maximum atomic E-state index is 11.4. The molecule has 1 aromatic carbocycles. The van der Waals surface area contributed by atoms with Crippen LogP contribution >= 0.6 is 0 Å². The van der Waals surface area contributed by atoms with E-state index in [0.717, 1.165) is 5.56 Å². The normalized spacial score (nSPS) is 11.4. The topological polar surface area (TPSA) is 40.5 Å². The van der Waals surface area contributed by atoms with Crippen LogP contribution in [-0.4, -0.2) is 29.6 Å². The van der Waals surface area contributed by atoms with Crippen molar-refractivity contribution >= 4 is 5.91 Å². The van der Waals surface area contributed by atoms with Crippen LogP contribution in [-0.2, 0) is 16.8 Å². The summed E-state index contributed by atoms with van der Waals surface area (Å²) in [7, 11) is 1.71. The average molecular weight is 249 g/mol. The number of amides is 1. The molecule has 1 aromatic rings. The predicted molar refractivity (Wildman–Crippen MR) is 73.4 cm³/mol. The number of hydrogen-bond donors (Lipinski definition) is 1. The molecule has 1 amide bonds. The van der Waals surface area contributed by atoms with Crippen LogP contribution < -0.4 is 0 Å². The standard InChI is InChI=1S/C15H23NO2/c1-11-6-7-13(15(2,3)4)8-12(11)9-16(5)14(18)10-17/h6-8,17H,9-10H2,1-5H3. The number of likely N-dealkylation sites (N-methyl/N-ethyl adjacent to an activating group) is 1. The molecule has 100 valence electrons. The minimum absolute atomic E-state index is 0.0992. The highest BCUT2D eigenvalue weighted by Gasteiger charge is 2.16. The molecule has 0 heterocycles. The molecule has 0 saturated carbocycles. The van der Waals surface area contributed by atoms with Gasteiger partial charge in [0.05, 0.1) is 0 Å². The van der Waals surface area contributed by atoms with Crippen LogP contribution in [0.15, 0.2) is 18.2 Å². The van der Waals surface area contributed by atoms with Gasteiger partial charge >= 0.3 is 0 Å². The molecule has 0 atom stereocenters. The van der Waals surface area contributed by atoms with Crippen LogP contribution in [0.25, 0.3) is 0 Å². The molecule has 0 bridgehead atoms. The molecule has 3 heteroatoms. The summed E-state index contributed by atoms with van der Waals surface area (Å²) in [6.07, 6.45) is 0. The van der Waals surface area contributed by atoms with E-state index in [1.165, 1.54) is 11.1 Å². The average Bonchev–Trinajstić information content (AvgIpc) is 2.29. The molecule has 0 fully saturated rings. The first-order chi connectivity index (χ1) is 8.25. The fourth-order valence-corrected chi connectivity index (χ4v) is 1.77. The Labute approximate surface area is 109 Å². The molecule has 0 aromatic heterocycles. The van der Waals surface area contributed by atoms with E-state index in [1.807, 2.05) is 6.92 Å². The highest BCUT2D eigenvalue weighted by atomic mass is 16.3. The third kappa shape index (κ3) is 3.57. The molecule has 0 aliphatic rings. The lowest BCUT2D eigenvalue weighted by Crippen LogP contribution is -2.29. The first kappa shape index (κ1) is 14.7. The van der Waals surface area contributed by atoms with E-state index in [-0.39, 0.29) is 11.3 Å². The molecule has 0 saturated heterocycles. The summed E-state index contributed by atoms with van der Waals surface area (Å²) in [6, 6.07) is 6.37. The van der Waals surface area contributed by atoms with E-state index in [1.54, 1.807) is 11.9 Å². The number of nitrogens with zero attached hydrogens (tertiary/aromatic N) is 1. The van der Waals surface area contributed by atoms with Crippen molar-refractivity contribution < 1.29 is 9.90 Å². The summed E-state index contributed by atoms with van der Waals surface area (Å²) < 4.78 is 0. The number of aliphatic hydroxyl groups excluding tert-OH is 1. The van der Waals surface area contributed by atoms with Gasteiger partial charge in [0.1, 0.15) is 6.61 Å². The van der Waals surface area contributed by atoms with Crippen molar-refractivity contribution in [1.29, 1.82) is 0 Å². The lowest BCUT2D eigenvalue weighted by Gasteiger charge is -2.23. The number of benzene rings is 1. The molecule has 0 aliphatic carbocycles. The van der Waals surface area contributed by atoms with Crippen molar-refractivity contribution in [2.45, 2.75) is 39.7 Å². The quantitative estimate of drug-likeness (QED) is 0.892. The van der Waals surface area contributed by atoms with Gasteiger partial charge < -0.3 is 10.0 Å². The Morgan fingerprint density at radius 3 is 2.44 bits per heavy atom. The smallest absolute Gasteiger partial charge is 0.248 e. The van der Waals surface area contributed by atoms with E-state index in [0.29, 0.717) is 6.54 Å². The van der Waals surface area contributed by atoms with Crippen molar-refractivity contribution in [3.63, 3.8) is 0 Å². The van der Waals surface area contributed by atoms with Gasteiger partial charge in [-0.2, -0.15) is 0 Å². The van der Waals surface area contributed by atoms with Crippen molar-refractivity contribution in [1.82, 2.24) is 4.90 Å². The highest BCUT2D eigenvalue weighted by Crippen LogP contribution is 2.25. The lowest BCUT2D eigenvalue weighted by atomic mass is 9.85. The minimum atomic E-state index is -0.436. The van der Waals surface area contributed by atoms with E-state index in [4.69, 9.17) is 5.11 Å². The number of hydrogen-bond acceptors (Lipinski definition) is 2. The Kier molecular flexibility index (Phi) is 4.52. The maximum absolute atomic E-state index is 11.4. The van der Waals surface area contributed by atoms with Gasteiger partial charge in [-0.05, 0) is 29.0 Å². The van der Waals surface area contributed by atoms with Crippen LogP contribution in [0.1, 0.15) is 37.5 Å². The molecule has 1 rings (SSSR count). The van der Waals surface area contributed by atoms with E-state index in [2.05, 4.69) is 39.0 Å². The zero-order valence-corrected chi connectivity index (χ0v) is 11.9. The third-order valence-electron chi connectivity index (χ3n) is 3.18. The maximum Gasteiger partial charge on any atom is 0.248 e. The Balaban J connectivity index is 2.98. The summed E-state index contributed by atoms with van der Waals surface area (Å²) >= 11 is 0. The SMILES string of the molecule is Cc1ccc(C(C)(C)C)cc1CN(C)C(=O)CO. The second-order valence-corrected chi connectivity index (χ2v) is 5.80. The Hall–Kier alpha value is -1.35. The second-order valence-electron chi connectivity index (χ2n) is 5.80. The molecule has 3 nitrogen and oxygen atoms in total. The van der Waals surface area contributed by atoms with Gasteiger partial charge in [-0.3, -0.25) is 4.79 Å². The summed E-state index contributed by atoms with van der Waals surface area (Å²) in [4.78, 5) is 12.9. The summed E-state index contributed by atoms with van der Waals surface area (Å²) in [5, 5.41) is 8.85. The predicted octanol–water partition coefficient (Wildman–Crippen LogP) is 2.24. The second kappa shape index (κ2) is 5.53. The Bertz CT molecular complexity index is 433. The molecule has 0 radical (unpaired) electrons. The van der Waals surface area contributed by atoms with E-state index in [9.17, 15) is 4.79 Å². The molecular formula is C15H23NO2. The summed E-state index contributed by atoms with van der Waals surface area (Å²) in [5.41, 5.74) is 3.66. The van der Waals surface area contributed by atoms with Crippen LogP contribution in [0.4, 0.5) is 0 Å². The largest absolute Gasteiger partial charge is 0.387 e. The lowest BCUT2D eigenvalue weighted by molar-refractivity contribution is -0.133. The van der Waals surface area contributed by atoms with Crippen LogP contribution in [0.3, 0.4) is 0 Å². The zero-order chi connectivity index (χ0) is 13.9. The first-order valence-corrected chi connectivity index (χ1v) is 6.20. The number of aliphatic hydroxyl groups is 1.